The number of amides is 1. The van der Waals surface area contributed by atoms with Crippen LogP contribution in [-0.4, -0.2) is 35.0 Å². The second kappa shape index (κ2) is 5.39. The molecule has 16 heavy (non-hydrogen) atoms. The Balaban J connectivity index is 0.00000225. The molecule has 0 unspecified atom stereocenters. The van der Waals surface area contributed by atoms with Crippen LogP contribution < -0.4 is 23.5 Å². The summed E-state index contributed by atoms with van der Waals surface area (Å²) in [7, 11) is 0. The maximum atomic E-state index is 11.8. The molecule has 0 aromatic carbocycles. The van der Waals surface area contributed by atoms with Crippen LogP contribution in [0.15, 0.2) is 0 Å². The Morgan fingerprint density at radius 1 is 1.50 bits per heavy atom. The molecule has 4 N–H and O–H groups in total. The lowest BCUT2D eigenvalue weighted by Gasteiger charge is -2.26. The van der Waals surface area contributed by atoms with Gasteiger partial charge in [0, 0.05) is 6.54 Å². The molecule has 1 heterocycles. The first kappa shape index (κ1) is 15.0. The van der Waals surface area contributed by atoms with E-state index in [4.69, 9.17) is 15.9 Å². The predicted octanol–water partition coefficient (Wildman–Crippen LogP) is -3.49. The molecule has 1 atom stereocenters. The number of nitrogens with zero attached hydrogens (tertiary/aromatic N) is 1. The zero-order valence-electron chi connectivity index (χ0n) is 10.00. The molecular weight excluding hydrogens is 230 g/mol. The minimum absolute atomic E-state index is 0. The van der Waals surface area contributed by atoms with Gasteiger partial charge in [-0.1, -0.05) is 0 Å². The summed E-state index contributed by atoms with van der Waals surface area (Å²) in [5, 5.41) is 5.53. The smallest absolute Gasteiger partial charge is 0.411 e. The number of carbonyl (C=O) groups excluding carboxylic acids is 1. The average molecular weight is 250 g/mol. The van der Waals surface area contributed by atoms with Gasteiger partial charge in [0.1, 0.15) is 11.6 Å². The number of nitrogens with two attached hydrogens (primary N) is 2. The van der Waals surface area contributed by atoms with Gasteiger partial charge in [0.25, 0.3) is 5.84 Å². The quantitative estimate of drug-likeness (QED) is 0.374. The van der Waals surface area contributed by atoms with Gasteiger partial charge in [-0.3, -0.25) is 16.0 Å². The highest BCUT2D eigenvalue weighted by atomic mass is 35.5. The van der Waals surface area contributed by atoms with E-state index in [0.717, 1.165) is 12.8 Å². The van der Waals surface area contributed by atoms with Crippen molar-refractivity contribution in [3.63, 3.8) is 0 Å². The molecule has 0 aliphatic carbocycles. The second-order valence-corrected chi connectivity index (χ2v) is 4.83. The SMILES string of the molecule is CC(C)(C)OC(=O)N1CCC[C@H]1C(N)=[NH2+].[Cl-]. The lowest BCUT2D eigenvalue weighted by Crippen LogP contribution is -3.00. The van der Waals surface area contributed by atoms with E-state index in [1.54, 1.807) is 4.90 Å². The fraction of sp³-hybridized carbons (Fsp3) is 0.800. The molecule has 1 amide bonds. The highest BCUT2D eigenvalue weighted by Gasteiger charge is 2.35. The Bertz CT molecular complexity index is 276. The zero-order valence-corrected chi connectivity index (χ0v) is 10.8. The molecule has 1 saturated heterocycles. The third-order valence-corrected chi connectivity index (χ3v) is 2.27. The maximum Gasteiger partial charge on any atom is 0.411 e. The van der Waals surface area contributed by atoms with E-state index in [1.807, 2.05) is 20.8 Å². The summed E-state index contributed by atoms with van der Waals surface area (Å²) in [6.45, 7) is 6.18. The van der Waals surface area contributed by atoms with E-state index >= 15 is 0 Å². The van der Waals surface area contributed by atoms with Gasteiger partial charge >= 0.3 is 6.09 Å². The molecule has 0 bridgehead atoms. The van der Waals surface area contributed by atoms with E-state index in [2.05, 4.69) is 0 Å². The van der Waals surface area contributed by atoms with Crippen molar-refractivity contribution in [2.75, 3.05) is 6.54 Å². The zero-order chi connectivity index (χ0) is 11.6. The van der Waals surface area contributed by atoms with Crippen LogP contribution in [-0.2, 0) is 4.74 Å². The van der Waals surface area contributed by atoms with Crippen molar-refractivity contribution in [3.05, 3.63) is 0 Å². The Morgan fingerprint density at radius 2 is 2.06 bits per heavy atom. The van der Waals surface area contributed by atoms with Crippen LogP contribution in [0, 0.1) is 0 Å². The van der Waals surface area contributed by atoms with Crippen molar-refractivity contribution >= 4 is 11.9 Å². The summed E-state index contributed by atoms with van der Waals surface area (Å²) in [4.78, 5) is 13.4. The summed E-state index contributed by atoms with van der Waals surface area (Å²) in [5.74, 6) is 0.290. The molecule has 6 heteroatoms. The highest BCUT2D eigenvalue weighted by molar-refractivity contribution is 5.84. The molecule has 0 spiro atoms. The highest BCUT2D eigenvalue weighted by Crippen LogP contribution is 2.19. The maximum absolute atomic E-state index is 11.8. The van der Waals surface area contributed by atoms with E-state index in [9.17, 15) is 4.79 Å². The van der Waals surface area contributed by atoms with E-state index in [0.29, 0.717) is 12.4 Å². The Morgan fingerprint density at radius 3 is 2.50 bits per heavy atom. The van der Waals surface area contributed by atoms with Crippen molar-refractivity contribution in [2.24, 2.45) is 5.73 Å². The predicted molar refractivity (Wildman–Crippen MR) is 57.1 cm³/mol. The van der Waals surface area contributed by atoms with Crippen LogP contribution in [0.4, 0.5) is 4.79 Å². The van der Waals surface area contributed by atoms with Crippen LogP contribution in [0.3, 0.4) is 0 Å². The third-order valence-electron chi connectivity index (χ3n) is 2.27. The number of likely N-dealkylation sites (tertiary alicyclic amines) is 1. The van der Waals surface area contributed by atoms with Crippen LogP contribution >= 0.6 is 0 Å². The Labute approximate surface area is 102 Å². The fourth-order valence-electron chi connectivity index (χ4n) is 1.65. The number of halogens is 1. The molecule has 1 rings (SSSR count). The molecule has 0 aromatic heterocycles. The molecule has 94 valence electrons. The van der Waals surface area contributed by atoms with Gasteiger partial charge in [-0.15, -0.1) is 0 Å². The Kier molecular flexibility index (Phi) is 5.06. The van der Waals surface area contributed by atoms with Crippen LogP contribution in [0.1, 0.15) is 33.6 Å². The molecule has 1 aliphatic rings. The van der Waals surface area contributed by atoms with Gasteiger partial charge in [-0.2, -0.15) is 0 Å². The standard InChI is InChI=1S/C10H19N3O2.ClH/c1-10(2,3)15-9(14)13-6-4-5-7(13)8(11)12;/h7H,4-6H2,1-3H3,(H3,11,12);1H/t7-;/m0./s1. The lowest BCUT2D eigenvalue weighted by atomic mass is 10.2. The van der Waals surface area contributed by atoms with Crippen molar-refractivity contribution in [1.29, 1.82) is 0 Å². The summed E-state index contributed by atoms with van der Waals surface area (Å²) < 4.78 is 5.26. The van der Waals surface area contributed by atoms with Gasteiger partial charge in [-0.05, 0) is 33.6 Å². The topological polar surface area (TPSA) is 81.2 Å². The minimum atomic E-state index is -0.479. The van der Waals surface area contributed by atoms with E-state index < -0.39 is 5.60 Å². The summed E-state index contributed by atoms with van der Waals surface area (Å²) in [5.41, 5.74) is 5.06. The number of carbonyl (C=O) groups is 1. The summed E-state index contributed by atoms with van der Waals surface area (Å²) in [6, 6.07) is -0.167. The largest absolute Gasteiger partial charge is 1.00 e. The van der Waals surface area contributed by atoms with Gasteiger partial charge in [0.2, 0.25) is 0 Å². The molecule has 1 fully saturated rings. The number of hydrogen-bond acceptors (Lipinski definition) is 2. The van der Waals surface area contributed by atoms with Gasteiger partial charge in [0.15, 0.2) is 0 Å². The first-order valence-corrected chi connectivity index (χ1v) is 5.18. The number of rotatable bonds is 1. The third kappa shape index (κ3) is 3.89. The van der Waals surface area contributed by atoms with Crippen LogP contribution in [0.2, 0.25) is 0 Å². The average Bonchev–Trinajstić information content (AvgIpc) is 2.47. The van der Waals surface area contributed by atoms with Crippen LogP contribution in [0.5, 0.6) is 0 Å². The first-order valence-electron chi connectivity index (χ1n) is 5.18. The van der Waals surface area contributed by atoms with E-state index in [-0.39, 0.29) is 24.5 Å². The molecule has 0 saturated carbocycles. The molecule has 0 aromatic rings. The number of ether oxygens (including phenoxy) is 1. The molecular formula is C10H20ClN3O2. The van der Waals surface area contributed by atoms with Crippen molar-refractivity contribution in [2.45, 2.75) is 45.3 Å². The minimum Gasteiger partial charge on any atom is -1.00 e. The summed E-state index contributed by atoms with van der Waals surface area (Å²) in [6.07, 6.45) is 1.40. The monoisotopic (exact) mass is 249 g/mol. The van der Waals surface area contributed by atoms with Crippen molar-refractivity contribution < 1.29 is 27.3 Å². The van der Waals surface area contributed by atoms with Crippen molar-refractivity contribution in [1.82, 2.24) is 4.90 Å². The number of amidine groups is 1. The molecule has 5 nitrogen and oxygen atoms in total. The van der Waals surface area contributed by atoms with Gasteiger partial charge in [0.05, 0.1) is 0 Å². The van der Waals surface area contributed by atoms with E-state index in [1.165, 1.54) is 0 Å². The molecule has 0 radical (unpaired) electrons. The molecule has 1 aliphatic heterocycles. The second-order valence-electron chi connectivity index (χ2n) is 4.83. The Hall–Kier alpha value is -0.970. The van der Waals surface area contributed by atoms with Gasteiger partial charge in [-0.25, -0.2) is 4.79 Å². The summed E-state index contributed by atoms with van der Waals surface area (Å²) >= 11 is 0. The normalized spacial score (nSPS) is 20.2. The van der Waals surface area contributed by atoms with Crippen molar-refractivity contribution in [3.8, 4) is 0 Å². The lowest BCUT2D eigenvalue weighted by molar-refractivity contribution is -0.122. The fourth-order valence-corrected chi connectivity index (χ4v) is 1.65. The first-order chi connectivity index (χ1) is 6.81. The number of hydrogen-bond donors (Lipinski definition) is 2. The van der Waals surface area contributed by atoms with Crippen LogP contribution in [0.25, 0.3) is 0 Å². The van der Waals surface area contributed by atoms with Gasteiger partial charge < -0.3 is 17.1 Å².